The number of rotatable bonds is 9. The standard InChI is InChI=1S/C19H24N2O3/c1-23-14-18(20)19(22)21-17-9-5-8-16(12-17)13-24-11-10-15-6-3-2-4-7-15/h2-9,12,18H,10-11,13-14,20H2,1H3,(H,21,22). The van der Waals surface area contributed by atoms with E-state index in [1.54, 1.807) is 0 Å². The zero-order valence-corrected chi connectivity index (χ0v) is 13.9. The van der Waals surface area contributed by atoms with Crippen LogP contribution in [0.3, 0.4) is 0 Å². The van der Waals surface area contributed by atoms with Gasteiger partial charge in [0, 0.05) is 12.8 Å². The molecule has 1 unspecified atom stereocenters. The average Bonchev–Trinajstić information content (AvgIpc) is 2.60. The van der Waals surface area contributed by atoms with Crippen LogP contribution in [-0.2, 0) is 27.3 Å². The smallest absolute Gasteiger partial charge is 0.243 e. The van der Waals surface area contributed by atoms with Crippen molar-refractivity contribution < 1.29 is 14.3 Å². The van der Waals surface area contributed by atoms with Crippen molar-refractivity contribution in [2.24, 2.45) is 5.73 Å². The van der Waals surface area contributed by atoms with Crippen LogP contribution in [0.25, 0.3) is 0 Å². The maximum absolute atomic E-state index is 11.9. The second-order valence-electron chi connectivity index (χ2n) is 5.54. The van der Waals surface area contributed by atoms with Crippen molar-refractivity contribution in [3.8, 4) is 0 Å². The van der Waals surface area contributed by atoms with E-state index in [0.717, 1.165) is 12.0 Å². The third-order valence-electron chi connectivity index (χ3n) is 3.52. The highest BCUT2D eigenvalue weighted by Crippen LogP contribution is 2.12. The number of methoxy groups -OCH3 is 1. The Bertz CT molecular complexity index is 632. The van der Waals surface area contributed by atoms with Gasteiger partial charge < -0.3 is 20.5 Å². The van der Waals surface area contributed by atoms with Gasteiger partial charge in [0.2, 0.25) is 5.91 Å². The molecule has 0 aliphatic carbocycles. The summed E-state index contributed by atoms with van der Waals surface area (Å²) in [4.78, 5) is 11.9. The number of ether oxygens (including phenoxy) is 2. The van der Waals surface area contributed by atoms with Crippen LogP contribution >= 0.6 is 0 Å². The molecule has 0 bridgehead atoms. The van der Waals surface area contributed by atoms with Crippen LogP contribution in [0.4, 0.5) is 5.69 Å². The van der Waals surface area contributed by atoms with Gasteiger partial charge in [-0.25, -0.2) is 0 Å². The average molecular weight is 328 g/mol. The molecule has 0 spiro atoms. The van der Waals surface area contributed by atoms with Gasteiger partial charge in [0.15, 0.2) is 0 Å². The molecule has 0 aliphatic heterocycles. The van der Waals surface area contributed by atoms with Crippen LogP contribution in [0.1, 0.15) is 11.1 Å². The lowest BCUT2D eigenvalue weighted by Gasteiger charge is -2.12. The highest BCUT2D eigenvalue weighted by atomic mass is 16.5. The molecule has 5 nitrogen and oxygen atoms in total. The first-order chi connectivity index (χ1) is 11.7. The minimum Gasteiger partial charge on any atom is -0.383 e. The highest BCUT2D eigenvalue weighted by molar-refractivity contribution is 5.94. The van der Waals surface area contributed by atoms with E-state index in [-0.39, 0.29) is 12.5 Å². The molecular formula is C19H24N2O3. The normalized spacial score (nSPS) is 11.9. The molecule has 0 heterocycles. The molecule has 0 aromatic heterocycles. The summed E-state index contributed by atoms with van der Waals surface area (Å²) < 4.78 is 10.6. The first-order valence-corrected chi connectivity index (χ1v) is 7.95. The molecule has 0 saturated carbocycles. The van der Waals surface area contributed by atoms with Crippen molar-refractivity contribution in [1.82, 2.24) is 0 Å². The lowest BCUT2D eigenvalue weighted by molar-refractivity contribution is -0.118. The Morgan fingerprint density at radius 2 is 1.88 bits per heavy atom. The Kier molecular flexibility index (Phi) is 7.42. The van der Waals surface area contributed by atoms with Crippen molar-refractivity contribution >= 4 is 11.6 Å². The fourth-order valence-corrected chi connectivity index (χ4v) is 2.25. The quantitative estimate of drug-likeness (QED) is 0.693. The maximum Gasteiger partial charge on any atom is 0.243 e. The summed E-state index contributed by atoms with van der Waals surface area (Å²) in [7, 11) is 1.51. The summed E-state index contributed by atoms with van der Waals surface area (Å²) in [5, 5.41) is 2.78. The summed E-state index contributed by atoms with van der Waals surface area (Å²) in [5.41, 5.74) is 8.67. The zero-order chi connectivity index (χ0) is 17.2. The lowest BCUT2D eigenvalue weighted by Crippen LogP contribution is -2.39. The van der Waals surface area contributed by atoms with Crippen LogP contribution < -0.4 is 11.1 Å². The van der Waals surface area contributed by atoms with Gasteiger partial charge in [-0.3, -0.25) is 4.79 Å². The SMILES string of the molecule is COCC(N)C(=O)Nc1cccc(COCCc2ccccc2)c1. The molecular weight excluding hydrogens is 304 g/mol. The Morgan fingerprint density at radius 1 is 1.12 bits per heavy atom. The minimum atomic E-state index is -0.680. The van der Waals surface area contributed by atoms with Gasteiger partial charge in [0.25, 0.3) is 0 Å². The van der Waals surface area contributed by atoms with E-state index >= 15 is 0 Å². The van der Waals surface area contributed by atoms with Crippen molar-refractivity contribution in [3.63, 3.8) is 0 Å². The molecule has 0 aliphatic rings. The van der Waals surface area contributed by atoms with Gasteiger partial charge in [0.05, 0.1) is 19.8 Å². The summed E-state index contributed by atoms with van der Waals surface area (Å²) >= 11 is 0. The number of benzene rings is 2. The molecule has 128 valence electrons. The van der Waals surface area contributed by atoms with Crippen molar-refractivity contribution in [1.29, 1.82) is 0 Å². The van der Waals surface area contributed by atoms with Crippen LogP contribution in [0.15, 0.2) is 54.6 Å². The van der Waals surface area contributed by atoms with Gasteiger partial charge >= 0.3 is 0 Å². The molecule has 5 heteroatoms. The number of nitrogens with two attached hydrogens (primary N) is 1. The minimum absolute atomic E-state index is 0.189. The number of carbonyl (C=O) groups is 1. The summed E-state index contributed by atoms with van der Waals surface area (Å²) in [6.45, 7) is 1.34. The number of hydrogen-bond acceptors (Lipinski definition) is 4. The number of hydrogen-bond donors (Lipinski definition) is 2. The Morgan fingerprint density at radius 3 is 2.62 bits per heavy atom. The van der Waals surface area contributed by atoms with Crippen molar-refractivity contribution in [2.45, 2.75) is 19.1 Å². The first kappa shape index (κ1) is 18.1. The van der Waals surface area contributed by atoms with E-state index in [4.69, 9.17) is 15.2 Å². The molecule has 2 aromatic carbocycles. The van der Waals surface area contributed by atoms with E-state index in [2.05, 4.69) is 17.4 Å². The number of anilines is 1. The fraction of sp³-hybridized carbons (Fsp3) is 0.316. The van der Waals surface area contributed by atoms with Gasteiger partial charge in [-0.15, -0.1) is 0 Å². The van der Waals surface area contributed by atoms with Crippen molar-refractivity contribution in [3.05, 3.63) is 65.7 Å². The fourth-order valence-electron chi connectivity index (χ4n) is 2.25. The predicted octanol–water partition coefficient (Wildman–Crippen LogP) is 2.36. The van der Waals surface area contributed by atoms with Crippen LogP contribution in [-0.4, -0.2) is 32.3 Å². The molecule has 2 rings (SSSR count). The third-order valence-corrected chi connectivity index (χ3v) is 3.52. The second kappa shape index (κ2) is 9.82. The van der Waals surface area contributed by atoms with Crippen LogP contribution in [0.2, 0.25) is 0 Å². The van der Waals surface area contributed by atoms with E-state index in [1.807, 2.05) is 42.5 Å². The number of carbonyl (C=O) groups excluding carboxylic acids is 1. The molecule has 2 aromatic rings. The highest BCUT2D eigenvalue weighted by Gasteiger charge is 2.13. The largest absolute Gasteiger partial charge is 0.383 e. The molecule has 0 saturated heterocycles. The second-order valence-corrected chi connectivity index (χ2v) is 5.54. The predicted molar refractivity (Wildman–Crippen MR) is 94.7 cm³/mol. The van der Waals surface area contributed by atoms with Gasteiger partial charge in [-0.1, -0.05) is 42.5 Å². The first-order valence-electron chi connectivity index (χ1n) is 7.95. The van der Waals surface area contributed by atoms with E-state index in [0.29, 0.717) is 18.9 Å². The number of nitrogens with one attached hydrogen (secondary N) is 1. The summed E-state index contributed by atoms with van der Waals surface area (Å²) in [6.07, 6.45) is 0.878. The van der Waals surface area contributed by atoms with Crippen LogP contribution in [0, 0.1) is 0 Å². The topological polar surface area (TPSA) is 73.6 Å². The molecule has 0 fully saturated rings. The third kappa shape index (κ3) is 6.12. The Balaban J connectivity index is 1.79. The lowest BCUT2D eigenvalue weighted by atomic mass is 10.2. The van der Waals surface area contributed by atoms with Crippen LogP contribution in [0.5, 0.6) is 0 Å². The maximum atomic E-state index is 11.9. The monoisotopic (exact) mass is 328 g/mol. The zero-order valence-electron chi connectivity index (χ0n) is 13.9. The Hall–Kier alpha value is -2.21. The summed E-state index contributed by atoms with van der Waals surface area (Å²) in [6, 6.07) is 17.1. The van der Waals surface area contributed by atoms with Crippen molar-refractivity contribution in [2.75, 3.05) is 25.6 Å². The molecule has 3 N–H and O–H groups in total. The molecule has 0 radical (unpaired) electrons. The summed E-state index contributed by atoms with van der Waals surface area (Å²) in [5.74, 6) is -0.265. The van der Waals surface area contributed by atoms with Gasteiger partial charge in [-0.05, 0) is 29.7 Å². The molecule has 1 atom stereocenters. The molecule has 1 amide bonds. The van der Waals surface area contributed by atoms with Gasteiger partial charge in [0.1, 0.15) is 6.04 Å². The Labute approximate surface area is 142 Å². The van der Waals surface area contributed by atoms with E-state index in [1.165, 1.54) is 12.7 Å². The number of amides is 1. The van der Waals surface area contributed by atoms with Gasteiger partial charge in [-0.2, -0.15) is 0 Å². The van der Waals surface area contributed by atoms with E-state index < -0.39 is 6.04 Å². The molecule has 24 heavy (non-hydrogen) atoms. The van der Waals surface area contributed by atoms with E-state index in [9.17, 15) is 4.79 Å².